The number of fused-ring (bicyclic) bond motifs is 1. The van der Waals surface area contributed by atoms with E-state index in [0.29, 0.717) is 21.9 Å². The number of aromatic amines is 1. The number of anilines is 1. The van der Waals surface area contributed by atoms with Crippen molar-refractivity contribution in [3.05, 3.63) is 45.6 Å². The lowest BCUT2D eigenvalue weighted by atomic mass is 10.4. The molecule has 1 amide bonds. The zero-order chi connectivity index (χ0) is 17.3. The van der Waals surface area contributed by atoms with Gasteiger partial charge in [-0.3, -0.25) is 14.2 Å². The van der Waals surface area contributed by atoms with Crippen molar-refractivity contribution in [2.24, 2.45) is 7.05 Å². The van der Waals surface area contributed by atoms with Crippen LogP contribution in [0, 0.1) is 6.92 Å². The second-order valence-electron chi connectivity index (χ2n) is 5.15. The van der Waals surface area contributed by atoms with Crippen LogP contribution in [0.3, 0.4) is 0 Å². The summed E-state index contributed by atoms with van der Waals surface area (Å²) in [4.78, 5) is 35.7. The number of hydrogen-bond donors (Lipinski definition) is 2. The van der Waals surface area contributed by atoms with Gasteiger partial charge in [0.25, 0.3) is 5.56 Å². The third kappa shape index (κ3) is 3.29. The Labute approximate surface area is 146 Å². The van der Waals surface area contributed by atoms with Gasteiger partial charge in [0, 0.05) is 18.9 Å². The van der Waals surface area contributed by atoms with Crippen molar-refractivity contribution in [2.45, 2.75) is 12.1 Å². The third-order valence-corrected chi connectivity index (χ3v) is 4.65. The molecule has 7 nitrogen and oxygen atoms in total. The van der Waals surface area contributed by atoms with Crippen molar-refractivity contribution in [3.8, 4) is 0 Å². The zero-order valence-electron chi connectivity index (χ0n) is 13.0. The lowest BCUT2D eigenvalue weighted by Crippen LogP contribution is -2.21. The van der Waals surface area contributed by atoms with Gasteiger partial charge in [-0.25, -0.2) is 9.97 Å². The molecule has 0 spiro atoms. The fraction of sp³-hybridized carbons (Fsp3) is 0.200. The minimum Gasteiger partial charge on any atom is -0.353 e. The van der Waals surface area contributed by atoms with Gasteiger partial charge in [0.05, 0.1) is 17.0 Å². The number of halogens is 1. The molecule has 0 unspecified atom stereocenters. The van der Waals surface area contributed by atoms with E-state index >= 15 is 0 Å². The fourth-order valence-electron chi connectivity index (χ4n) is 2.18. The molecule has 0 radical (unpaired) electrons. The molecule has 0 saturated carbocycles. The van der Waals surface area contributed by atoms with Crippen LogP contribution in [0.5, 0.6) is 0 Å². The number of nitrogens with one attached hydrogen (secondary N) is 2. The number of rotatable bonds is 4. The summed E-state index contributed by atoms with van der Waals surface area (Å²) >= 11 is 7.09. The summed E-state index contributed by atoms with van der Waals surface area (Å²) in [5, 5.41) is 3.38. The van der Waals surface area contributed by atoms with Gasteiger partial charge >= 0.3 is 0 Å². The van der Waals surface area contributed by atoms with Gasteiger partial charge in [-0.05, 0) is 25.1 Å². The van der Waals surface area contributed by atoms with E-state index in [0.717, 1.165) is 5.69 Å². The van der Waals surface area contributed by atoms with Crippen LogP contribution >= 0.6 is 23.4 Å². The molecule has 2 N–H and O–H groups in total. The van der Waals surface area contributed by atoms with Crippen LogP contribution < -0.4 is 10.9 Å². The Morgan fingerprint density at radius 1 is 1.50 bits per heavy atom. The summed E-state index contributed by atoms with van der Waals surface area (Å²) in [6, 6.07) is 5.15. The molecule has 3 aromatic rings. The minimum atomic E-state index is -0.255. The van der Waals surface area contributed by atoms with Crippen LogP contribution in [-0.2, 0) is 11.8 Å². The van der Waals surface area contributed by atoms with Crippen LogP contribution in [0.15, 0.2) is 34.3 Å². The largest absolute Gasteiger partial charge is 0.353 e. The van der Waals surface area contributed by atoms with E-state index in [1.165, 1.54) is 16.3 Å². The first kappa shape index (κ1) is 16.5. The molecule has 0 aliphatic rings. The van der Waals surface area contributed by atoms with Crippen molar-refractivity contribution in [1.29, 1.82) is 0 Å². The van der Waals surface area contributed by atoms with Crippen LogP contribution in [0.2, 0.25) is 5.15 Å². The Morgan fingerprint density at radius 2 is 2.29 bits per heavy atom. The molecule has 0 bridgehead atoms. The summed E-state index contributed by atoms with van der Waals surface area (Å²) in [6.45, 7) is 1.86. The lowest BCUT2D eigenvalue weighted by Gasteiger charge is -2.08. The molecule has 0 saturated heterocycles. The monoisotopic (exact) mass is 363 g/mol. The van der Waals surface area contributed by atoms with Gasteiger partial charge < -0.3 is 10.3 Å². The summed E-state index contributed by atoms with van der Waals surface area (Å²) in [5.41, 5.74) is 2.19. The first-order valence-electron chi connectivity index (χ1n) is 7.05. The molecule has 3 aromatic heterocycles. The van der Waals surface area contributed by atoms with Crippen molar-refractivity contribution < 1.29 is 4.79 Å². The number of aryl methyl sites for hydroxylation is 1. The highest BCUT2D eigenvalue weighted by Crippen LogP contribution is 2.20. The maximum absolute atomic E-state index is 12.3. The van der Waals surface area contributed by atoms with Crippen LogP contribution in [0.4, 0.5) is 5.69 Å². The highest BCUT2D eigenvalue weighted by atomic mass is 35.5. The van der Waals surface area contributed by atoms with Crippen LogP contribution in [-0.4, -0.2) is 31.2 Å². The van der Waals surface area contributed by atoms with Gasteiger partial charge in [0.1, 0.15) is 5.52 Å². The maximum atomic E-state index is 12.3. The van der Waals surface area contributed by atoms with E-state index in [4.69, 9.17) is 11.6 Å². The van der Waals surface area contributed by atoms with Crippen molar-refractivity contribution in [1.82, 2.24) is 19.5 Å². The van der Waals surface area contributed by atoms with Crippen molar-refractivity contribution in [3.63, 3.8) is 0 Å². The predicted molar refractivity (Wildman–Crippen MR) is 94.7 cm³/mol. The normalized spacial score (nSPS) is 11.0. The number of thioether (sulfide) groups is 1. The Balaban J connectivity index is 1.76. The van der Waals surface area contributed by atoms with E-state index in [-0.39, 0.29) is 22.4 Å². The fourth-order valence-corrected chi connectivity index (χ4v) is 3.12. The van der Waals surface area contributed by atoms with E-state index < -0.39 is 0 Å². The first-order chi connectivity index (χ1) is 11.5. The van der Waals surface area contributed by atoms with E-state index in [9.17, 15) is 9.59 Å². The summed E-state index contributed by atoms with van der Waals surface area (Å²) in [6.07, 6.45) is 1.54. The molecule has 3 heterocycles. The Hall–Kier alpha value is -2.32. The number of carbonyl (C=O) groups is 1. The molecule has 0 aliphatic carbocycles. The summed E-state index contributed by atoms with van der Waals surface area (Å²) in [7, 11) is 1.63. The number of amides is 1. The van der Waals surface area contributed by atoms with Gasteiger partial charge in [-0.15, -0.1) is 0 Å². The van der Waals surface area contributed by atoms with E-state index in [2.05, 4.69) is 20.3 Å². The van der Waals surface area contributed by atoms with E-state index in [1.54, 1.807) is 31.4 Å². The topological polar surface area (TPSA) is 92.7 Å². The molecule has 0 fully saturated rings. The number of pyridine rings is 1. The Bertz CT molecular complexity index is 982. The highest BCUT2D eigenvalue weighted by molar-refractivity contribution is 7.99. The number of hydrogen-bond acceptors (Lipinski definition) is 5. The van der Waals surface area contributed by atoms with Gasteiger partial charge in [-0.1, -0.05) is 23.4 Å². The molecular formula is C15H14ClN5O2S. The summed E-state index contributed by atoms with van der Waals surface area (Å²) in [5.74, 6) is -0.157. The Morgan fingerprint density at radius 3 is 3.04 bits per heavy atom. The van der Waals surface area contributed by atoms with Crippen LogP contribution in [0.25, 0.3) is 11.0 Å². The quantitative estimate of drug-likeness (QED) is 0.421. The predicted octanol–water partition coefficient (Wildman–Crippen LogP) is 2.35. The SMILES string of the molecule is Cc1cc2nc(SCC(=O)Nc3cccnc3Cl)n(C)c(=O)c2[nH]1. The molecular weight excluding hydrogens is 350 g/mol. The second kappa shape index (κ2) is 6.66. The minimum absolute atomic E-state index is 0.0976. The third-order valence-electron chi connectivity index (χ3n) is 3.32. The Kier molecular flexibility index (Phi) is 4.59. The number of carbonyl (C=O) groups excluding carboxylic acids is 1. The standard InChI is InChI=1S/C15H14ClN5O2S/c1-8-6-10-12(18-8)14(23)21(2)15(20-10)24-7-11(22)19-9-4-3-5-17-13(9)16/h3-6,18H,7H2,1-2H3,(H,19,22). The second-order valence-corrected chi connectivity index (χ2v) is 6.45. The van der Waals surface area contributed by atoms with Gasteiger partial charge in [0.15, 0.2) is 10.3 Å². The molecule has 24 heavy (non-hydrogen) atoms. The molecule has 0 aliphatic heterocycles. The van der Waals surface area contributed by atoms with E-state index in [1.807, 2.05) is 6.92 Å². The molecule has 0 atom stereocenters. The first-order valence-corrected chi connectivity index (χ1v) is 8.41. The highest BCUT2D eigenvalue weighted by Gasteiger charge is 2.13. The summed E-state index contributed by atoms with van der Waals surface area (Å²) < 4.78 is 1.42. The molecule has 9 heteroatoms. The molecule has 0 aromatic carbocycles. The smallest absolute Gasteiger partial charge is 0.278 e. The van der Waals surface area contributed by atoms with Gasteiger partial charge in [0.2, 0.25) is 5.91 Å². The lowest BCUT2D eigenvalue weighted by molar-refractivity contribution is -0.113. The van der Waals surface area contributed by atoms with Crippen molar-refractivity contribution in [2.75, 3.05) is 11.1 Å². The average molecular weight is 364 g/mol. The molecule has 124 valence electrons. The number of nitrogens with zero attached hydrogens (tertiary/aromatic N) is 3. The number of aromatic nitrogens is 4. The molecule has 3 rings (SSSR count). The number of H-pyrrole nitrogens is 1. The average Bonchev–Trinajstić information content (AvgIpc) is 2.92. The van der Waals surface area contributed by atoms with Crippen LogP contribution in [0.1, 0.15) is 5.69 Å². The zero-order valence-corrected chi connectivity index (χ0v) is 14.5. The maximum Gasteiger partial charge on any atom is 0.278 e. The van der Waals surface area contributed by atoms with Crippen molar-refractivity contribution >= 4 is 46.0 Å². The van der Waals surface area contributed by atoms with Gasteiger partial charge in [-0.2, -0.15) is 0 Å².